The van der Waals surface area contributed by atoms with E-state index >= 15 is 0 Å². The SMILES string of the molecule is CCCCCCCCCCCC(=O)N[C@@H](CCCN)C(N)=O. The van der Waals surface area contributed by atoms with Crippen LogP contribution in [0.15, 0.2) is 0 Å². The van der Waals surface area contributed by atoms with Crippen LogP contribution in [0.1, 0.15) is 84.0 Å². The van der Waals surface area contributed by atoms with E-state index < -0.39 is 11.9 Å². The highest BCUT2D eigenvalue weighted by Crippen LogP contribution is 2.10. The predicted molar refractivity (Wildman–Crippen MR) is 91.3 cm³/mol. The molecule has 0 aromatic heterocycles. The van der Waals surface area contributed by atoms with Crippen LogP contribution in [0.3, 0.4) is 0 Å². The van der Waals surface area contributed by atoms with Gasteiger partial charge in [0, 0.05) is 6.42 Å². The standard InChI is InChI=1S/C17H35N3O2/c1-2-3-4-5-6-7-8-9-10-13-16(21)20-15(17(19)22)12-11-14-18/h15H,2-14,18H2,1H3,(H2,19,22)(H,20,21)/t15-/m0/s1. The van der Waals surface area contributed by atoms with Crippen LogP contribution in [0.2, 0.25) is 0 Å². The van der Waals surface area contributed by atoms with Gasteiger partial charge in [-0.05, 0) is 25.8 Å². The fourth-order valence-corrected chi connectivity index (χ4v) is 2.47. The number of carbonyl (C=O) groups is 2. The van der Waals surface area contributed by atoms with E-state index in [0.29, 0.717) is 25.8 Å². The minimum absolute atomic E-state index is 0.0798. The summed E-state index contributed by atoms with van der Waals surface area (Å²) in [6.07, 6.45) is 12.7. The zero-order valence-electron chi connectivity index (χ0n) is 14.2. The van der Waals surface area contributed by atoms with E-state index in [2.05, 4.69) is 12.2 Å². The van der Waals surface area contributed by atoms with Gasteiger partial charge in [-0.25, -0.2) is 0 Å². The van der Waals surface area contributed by atoms with Crippen molar-refractivity contribution in [2.24, 2.45) is 11.5 Å². The molecule has 0 saturated carbocycles. The number of amides is 2. The van der Waals surface area contributed by atoms with Gasteiger partial charge in [-0.2, -0.15) is 0 Å². The fourth-order valence-electron chi connectivity index (χ4n) is 2.47. The minimum Gasteiger partial charge on any atom is -0.368 e. The van der Waals surface area contributed by atoms with Crippen molar-refractivity contribution in [1.29, 1.82) is 0 Å². The van der Waals surface area contributed by atoms with Gasteiger partial charge in [-0.1, -0.05) is 58.3 Å². The molecule has 0 unspecified atom stereocenters. The Bertz CT molecular complexity index is 296. The number of carbonyl (C=O) groups excluding carboxylic acids is 2. The Hall–Kier alpha value is -1.10. The second-order valence-corrected chi connectivity index (χ2v) is 6.03. The summed E-state index contributed by atoms with van der Waals surface area (Å²) in [5, 5.41) is 2.71. The fraction of sp³-hybridized carbons (Fsp3) is 0.882. The van der Waals surface area contributed by atoms with Gasteiger partial charge in [0.05, 0.1) is 0 Å². The van der Waals surface area contributed by atoms with Crippen molar-refractivity contribution in [3.8, 4) is 0 Å². The van der Waals surface area contributed by atoms with E-state index in [9.17, 15) is 9.59 Å². The third-order valence-electron chi connectivity index (χ3n) is 3.88. The first-order valence-electron chi connectivity index (χ1n) is 8.90. The number of rotatable bonds is 15. The van der Waals surface area contributed by atoms with E-state index in [0.717, 1.165) is 12.8 Å². The molecule has 0 aliphatic carbocycles. The molecule has 0 rings (SSSR count). The number of hydrogen-bond donors (Lipinski definition) is 3. The minimum atomic E-state index is -0.574. The largest absolute Gasteiger partial charge is 0.368 e. The predicted octanol–water partition coefficient (Wildman–Crippen LogP) is 2.62. The first-order valence-corrected chi connectivity index (χ1v) is 8.90. The molecular weight excluding hydrogens is 278 g/mol. The highest BCUT2D eigenvalue weighted by Gasteiger charge is 2.16. The molecule has 1 atom stereocenters. The molecule has 5 nitrogen and oxygen atoms in total. The maximum absolute atomic E-state index is 11.8. The Morgan fingerprint density at radius 3 is 1.95 bits per heavy atom. The third kappa shape index (κ3) is 12.6. The average Bonchev–Trinajstić information content (AvgIpc) is 2.49. The normalized spacial score (nSPS) is 12.1. The Labute approximate surface area is 135 Å². The second kappa shape index (κ2) is 14.8. The van der Waals surface area contributed by atoms with Gasteiger partial charge in [-0.3, -0.25) is 9.59 Å². The van der Waals surface area contributed by atoms with Crippen LogP contribution in [0.5, 0.6) is 0 Å². The summed E-state index contributed by atoms with van der Waals surface area (Å²) in [6.45, 7) is 2.72. The lowest BCUT2D eigenvalue weighted by atomic mass is 10.1. The monoisotopic (exact) mass is 313 g/mol. The highest BCUT2D eigenvalue weighted by molar-refractivity contribution is 5.86. The molecule has 5 heteroatoms. The van der Waals surface area contributed by atoms with Crippen molar-refractivity contribution in [3.05, 3.63) is 0 Å². The van der Waals surface area contributed by atoms with E-state index in [1.54, 1.807) is 0 Å². The molecule has 0 fully saturated rings. The van der Waals surface area contributed by atoms with Crippen LogP contribution in [-0.4, -0.2) is 24.4 Å². The van der Waals surface area contributed by atoms with Crippen molar-refractivity contribution < 1.29 is 9.59 Å². The van der Waals surface area contributed by atoms with E-state index in [1.807, 2.05) is 0 Å². The summed E-state index contributed by atoms with van der Waals surface area (Å²) < 4.78 is 0. The molecule has 0 aliphatic rings. The number of nitrogens with one attached hydrogen (secondary N) is 1. The quantitative estimate of drug-likeness (QED) is 0.405. The molecule has 0 spiro atoms. The lowest BCUT2D eigenvalue weighted by molar-refractivity contribution is -0.127. The van der Waals surface area contributed by atoms with Gasteiger partial charge in [0.15, 0.2) is 0 Å². The lowest BCUT2D eigenvalue weighted by Crippen LogP contribution is -2.44. The van der Waals surface area contributed by atoms with Crippen molar-refractivity contribution >= 4 is 11.8 Å². The van der Waals surface area contributed by atoms with Gasteiger partial charge in [0.2, 0.25) is 11.8 Å². The molecule has 0 aliphatic heterocycles. The molecule has 130 valence electrons. The average molecular weight is 313 g/mol. The molecule has 0 bridgehead atoms. The highest BCUT2D eigenvalue weighted by atomic mass is 16.2. The summed E-state index contributed by atoms with van der Waals surface area (Å²) in [7, 11) is 0. The molecular formula is C17H35N3O2. The summed E-state index contributed by atoms with van der Waals surface area (Å²) in [5.74, 6) is -0.558. The number of unbranched alkanes of at least 4 members (excludes halogenated alkanes) is 8. The molecule has 0 heterocycles. The number of primary amides is 1. The van der Waals surface area contributed by atoms with Gasteiger partial charge >= 0.3 is 0 Å². The van der Waals surface area contributed by atoms with Crippen LogP contribution >= 0.6 is 0 Å². The molecule has 0 aromatic carbocycles. The van der Waals surface area contributed by atoms with Gasteiger partial charge in [0.25, 0.3) is 0 Å². The van der Waals surface area contributed by atoms with Crippen LogP contribution in [-0.2, 0) is 9.59 Å². The van der Waals surface area contributed by atoms with Crippen LogP contribution in [0, 0.1) is 0 Å². The number of nitrogens with two attached hydrogens (primary N) is 2. The van der Waals surface area contributed by atoms with Gasteiger partial charge < -0.3 is 16.8 Å². The van der Waals surface area contributed by atoms with E-state index in [4.69, 9.17) is 11.5 Å². The summed E-state index contributed by atoms with van der Waals surface area (Å²) in [6, 6.07) is -0.574. The van der Waals surface area contributed by atoms with Crippen molar-refractivity contribution in [2.45, 2.75) is 90.0 Å². The van der Waals surface area contributed by atoms with Crippen molar-refractivity contribution in [1.82, 2.24) is 5.32 Å². The number of hydrogen-bond acceptors (Lipinski definition) is 3. The van der Waals surface area contributed by atoms with Gasteiger partial charge in [0.1, 0.15) is 6.04 Å². The topological polar surface area (TPSA) is 98.2 Å². The Kier molecular flexibility index (Phi) is 14.1. The molecule has 0 radical (unpaired) electrons. The first kappa shape index (κ1) is 20.9. The maximum atomic E-state index is 11.8. The van der Waals surface area contributed by atoms with E-state index in [1.165, 1.54) is 44.9 Å². The summed E-state index contributed by atoms with van der Waals surface area (Å²) in [5.41, 5.74) is 10.7. The van der Waals surface area contributed by atoms with Crippen LogP contribution in [0.25, 0.3) is 0 Å². The second-order valence-electron chi connectivity index (χ2n) is 6.03. The smallest absolute Gasteiger partial charge is 0.240 e. The van der Waals surface area contributed by atoms with Crippen molar-refractivity contribution in [2.75, 3.05) is 6.54 Å². The molecule has 0 aromatic rings. The molecule has 0 saturated heterocycles. The Morgan fingerprint density at radius 2 is 1.45 bits per heavy atom. The lowest BCUT2D eigenvalue weighted by Gasteiger charge is -2.14. The Morgan fingerprint density at radius 1 is 0.909 bits per heavy atom. The van der Waals surface area contributed by atoms with Crippen LogP contribution < -0.4 is 16.8 Å². The van der Waals surface area contributed by atoms with Crippen LogP contribution in [0.4, 0.5) is 0 Å². The maximum Gasteiger partial charge on any atom is 0.240 e. The molecule has 22 heavy (non-hydrogen) atoms. The first-order chi connectivity index (χ1) is 10.6. The summed E-state index contributed by atoms with van der Waals surface area (Å²) in [4.78, 5) is 23.0. The zero-order chi connectivity index (χ0) is 16.6. The zero-order valence-corrected chi connectivity index (χ0v) is 14.2. The summed E-state index contributed by atoms with van der Waals surface area (Å²) >= 11 is 0. The van der Waals surface area contributed by atoms with Gasteiger partial charge in [-0.15, -0.1) is 0 Å². The van der Waals surface area contributed by atoms with Crippen molar-refractivity contribution in [3.63, 3.8) is 0 Å². The molecule has 5 N–H and O–H groups in total. The van der Waals surface area contributed by atoms with E-state index in [-0.39, 0.29) is 5.91 Å². The third-order valence-corrected chi connectivity index (χ3v) is 3.88. The Balaban J connectivity index is 3.57. The molecule has 2 amide bonds.